The van der Waals surface area contributed by atoms with Crippen LogP contribution >= 0.6 is 0 Å². The van der Waals surface area contributed by atoms with Crippen molar-refractivity contribution in [1.82, 2.24) is 15.5 Å². The number of phenolic OH excluding ortho intramolecular Hbond substituents is 1. The molecule has 2 rings (SSSR count). The number of rotatable bonds is 7. The van der Waals surface area contributed by atoms with Crippen molar-refractivity contribution in [1.29, 1.82) is 0 Å². The van der Waals surface area contributed by atoms with Crippen LogP contribution in [-0.4, -0.2) is 46.6 Å². The van der Waals surface area contributed by atoms with Crippen molar-refractivity contribution >= 4 is 17.9 Å². The van der Waals surface area contributed by atoms with Gasteiger partial charge in [0.1, 0.15) is 23.4 Å². The van der Waals surface area contributed by atoms with Gasteiger partial charge in [-0.05, 0) is 45.7 Å². The second-order valence-corrected chi connectivity index (χ2v) is 8.94. The molecule has 0 saturated heterocycles. The van der Waals surface area contributed by atoms with Crippen molar-refractivity contribution in [2.45, 2.75) is 58.8 Å². The highest BCUT2D eigenvalue weighted by Crippen LogP contribution is 2.31. The molecule has 2 atom stereocenters. The highest BCUT2D eigenvalue weighted by Gasteiger charge is 2.34. The fraction of sp³-hybridized carbons (Fsp3) is 0.400. The number of nitrogens with zero attached hydrogens (tertiary/aromatic N) is 1. The first kappa shape index (κ1) is 25.7. The van der Waals surface area contributed by atoms with Crippen molar-refractivity contribution in [3.63, 3.8) is 0 Å². The maximum atomic E-state index is 13.2. The van der Waals surface area contributed by atoms with E-state index in [9.17, 15) is 19.5 Å². The molecule has 33 heavy (non-hydrogen) atoms. The van der Waals surface area contributed by atoms with Gasteiger partial charge in [0.25, 0.3) is 0 Å². The monoisotopic (exact) mass is 455 g/mol. The van der Waals surface area contributed by atoms with E-state index in [0.717, 1.165) is 5.56 Å². The average Bonchev–Trinajstić information content (AvgIpc) is 2.74. The van der Waals surface area contributed by atoms with Crippen molar-refractivity contribution in [2.75, 3.05) is 7.05 Å². The van der Waals surface area contributed by atoms with Crippen molar-refractivity contribution < 1.29 is 24.2 Å². The molecule has 3 N–H and O–H groups in total. The number of ether oxygens (including phenoxy) is 1. The summed E-state index contributed by atoms with van der Waals surface area (Å²) in [7, 11) is 1.46. The Bertz CT molecular complexity index is 985. The Morgan fingerprint density at radius 3 is 2.30 bits per heavy atom. The molecular formula is C25H33N3O5. The number of aromatic hydroxyl groups is 1. The smallest absolute Gasteiger partial charge is 0.408 e. The van der Waals surface area contributed by atoms with Gasteiger partial charge < -0.3 is 25.4 Å². The van der Waals surface area contributed by atoms with Crippen LogP contribution in [0.4, 0.5) is 4.79 Å². The van der Waals surface area contributed by atoms with E-state index in [1.54, 1.807) is 45.9 Å². The molecule has 0 fully saturated rings. The molecule has 8 heteroatoms. The molecule has 3 amide bonds. The summed E-state index contributed by atoms with van der Waals surface area (Å²) in [5, 5.41) is 16.0. The number of para-hydroxylation sites is 1. The highest BCUT2D eigenvalue weighted by molar-refractivity contribution is 5.92. The Balaban J connectivity index is 2.26. The molecule has 0 spiro atoms. The molecule has 2 aromatic rings. The van der Waals surface area contributed by atoms with Crippen LogP contribution in [0.2, 0.25) is 0 Å². The Morgan fingerprint density at radius 1 is 1.06 bits per heavy atom. The summed E-state index contributed by atoms with van der Waals surface area (Å²) in [6.45, 7) is 8.65. The molecule has 8 nitrogen and oxygen atoms in total. The molecule has 0 aliphatic rings. The maximum absolute atomic E-state index is 13.2. The van der Waals surface area contributed by atoms with Crippen LogP contribution in [0.1, 0.15) is 50.4 Å². The van der Waals surface area contributed by atoms with Gasteiger partial charge in [-0.15, -0.1) is 0 Å². The maximum Gasteiger partial charge on any atom is 0.408 e. The van der Waals surface area contributed by atoms with E-state index in [-0.39, 0.29) is 12.3 Å². The van der Waals surface area contributed by atoms with Gasteiger partial charge in [-0.2, -0.15) is 0 Å². The molecule has 0 heterocycles. The number of phenols is 1. The van der Waals surface area contributed by atoms with Gasteiger partial charge in [-0.25, -0.2) is 4.79 Å². The van der Waals surface area contributed by atoms with Crippen LogP contribution in [0.15, 0.2) is 48.5 Å². The zero-order valence-corrected chi connectivity index (χ0v) is 20.0. The Hall–Kier alpha value is -3.55. The first-order valence-corrected chi connectivity index (χ1v) is 10.8. The molecule has 0 aliphatic heterocycles. The number of carbonyl (C=O) groups excluding carboxylic acids is 3. The third kappa shape index (κ3) is 7.24. The molecule has 2 unspecified atom stereocenters. The van der Waals surface area contributed by atoms with Crippen LogP contribution < -0.4 is 10.6 Å². The van der Waals surface area contributed by atoms with E-state index in [1.807, 2.05) is 30.3 Å². The van der Waals surface area contributed by atoms with E-state index in [0.29, 0.717) is 11.1 Å². The number of hydrogen-bond acceptors (Lipinski definition) is 5. The first-order chi connectivity index (χ1) is 15.4. The van der Waals surface area contributed by atoms with Crippen LogP contribution in [0, 0.1) is 6.92 Å². The molecule has 0 bridgehead atoms. The summed E-state index contributed by atoms with van der Waals surface area (Å²) >= 11 is 0. The number of benzene rings is 2. The van der Waals surface area contributed by atoms with E-state index >= 15 is 0 Å². The number of alkyl carbamates (subject to hydrolysis) is 1. The lowest BCUT2D eigenvalue weighted by molar-refractivity contribution is -0.140. The summed E-state index contributed by atoms with van der Waals surface area (Å²) in [6, 6.07) is 12.3. The first-order valence-electron chi connectivity index (χ1n) is 10.8. The minimum Gasteiger partial charge on any atom is -0.507 e. The van der Waals surface area contributed by atoms with Gasteiger partial charge in [-0.3, -0.25) is 9.59 Å². The van der Waals surface area contributed by atoms with Crippen molar-refractivity contribution in [3.05, 3.63) is 65.2 Å². The summed E-state index contributed by atoms with van der Waals surface area (Å²) in [5.41, 5.74) is 1.05. The summed E-state index contributed by atoms with van der Waals surface area (Å²) in [6.07, 6.45) is -0.736. The topological polar surface area (TPSA) is 108 Å². The van der Waals surface area contributed by atoms with E-state index in [2.05, 4.69) is 10.6 Å². The molecule has 178 valence electrons. The number of likely N-dealkylation sites (N-methyl/N-ethyl adjacent to an activating group) is 1. The molecular weight excluding hydrogens is 422 g/mol. The molecule has 0 saturated carbocycles. The van der Waals surface area contributed by atoms with E-state index in [1.165, 1.54) is 18.9 Å². The fourth-order valence-electron chi connectivity index (χ4n) is 3.29. The second-order valence-electron chi connectivity index (χ2n) is 8.94. The Kier molecular flexibility index (Phi) is 8.45. The highest BCUT2D eigenvalue weighted by atomic mass is 16.6. The van der Waals surface area contributed by atoms with Crippen LogP contribution in [0.3, 0.4) is 0 Å². The van der Waals surface area contributed by atoms with Crippen LogP contribution in [0.25, 0.3) is 0 Å². The Morgan fingerprint density at radius 2 is 1.70 bits per heavy atom. The van der Waals surface area contributed by atoms with Gasteiger partial charge >= 0.3 is 6.09 Å². The zero-order chi connectivity index (χ0) is 24.8. The number of nitrogens with one attached hydrogen (secondary N) is 2. The van der Waals surface area contributed by atoms with Gasteiger partial charge in [0, 0.05) is 19.2 Å². The summed E-state index contributed by atoms with van der Waals surface area (Å²) < 4.78 is 5.21. The summed E-state index contributed by atoms with van der Waals surface area (Å²) in [5.74, 6) is -1.04. The average molecular weight is 456 g/mol. The molecule has 0 radical (unpaired) electrons. The predicted octanol–water partition coefficient (Wildman–Crippen LogP) is 3.43. The lowest BCUT2D eigenvalue weighted by Gasteiger charge is -2.31. The van der Waals surface area contributed by atoms with Gasteiger partial charge in [-0.1, -0.05) is 48.5 Å². The number of carbonyl (C=O) groups is 3. The number of amides is 3. The lowest BCUT2D eigenvalue weighted by Crippen LogP contribution is -2.50. The van der Waals surface area contributed by atoms with Gasteiger partial charge in [0.2, 0.25) is 11.8 Å². The van der Waals surface area contributed by atoms with Gasteiger partial charge in [0.15, 0.2) is 0 Å². The minimum atomic E-state index is -1.11. The molecule has 2 aromatic carbocycles. The third-order valence-electron chi connectivity index (χ3n) is 4.96. The minimum absolute atomic E-state index is 0.0650. The Labute approximate surface area is 194 Å². The van der Waals surface area contributed by atoms with Gasteiger partial charge in [0.05, 0.1) is 0 Å². The largest absolute Gasteiger partial charge is 0.507 e. The zero-order valence-electron chi connectivity index (χ0n) is 20.0. The van der Waals surface area contributed by atoms with Crippen LogP contribution in [0.5, 0.6) is 5.75 Å². The standard InChI is InChI=1S/C25H33N3O5/c1-16-11-10-14-19(21(16)29)20(22(30)26-15-18-12-8-7-9-13-18)28(6)23(31)17(2)27-24(32)33-25(3,4)5/h7-14,17,20,29H,15H2,1-6H3,(H,26,30)(H,27,32). The third-order valence-corrected chi connectivity index (χ3v) is 4.96. The van der Waals surface area contributed by atoms with Crippen molar-refractivity contribution in [2.24, 2.45) is 0 Å². The number of hydrogen-bond donors (Lipinski definition) is 3. The lowest BCUT2D eigenvalue weighted by atomic mass is 10.00. The normalized spacial score (nSPS) is 12.9. The predicted molar refractivity (Wildman–Crippen MR) is 125 cm³/mol. The van der Waals surface area contributed by atoms with E-state index in [4.69, 9.17) is 4.74 Å². The van der Waals surface area contributed by atoms with Crippen LogP contribution in [-0.2, 0) is 20.9 Å². The summed E-state index contributed by atoms with van der Waals surface area (Å²) in [4.78, 5) is 39.7. The van der Waals surface area contributed by atoms with E-state index < -0.39 is 35.6 Å². The fourth-order valence-corrected chi connectivity index (χ4v) is 3.29. The molecule has 0 aromatic heterocycles. The number of aryl methyl sites for hydroxylation is 1. The second kappa shape index (κ2) is 10.8. The van der Waals surface area contributed by atoms with Crippen molar-refractivity contribution in [3.8, 4) is 5.75 Å². The molecule has 0 aliphatic carbocycles. The SMILES string of the molecule is Cc1cccc(C(C(=O)NCc2ccccc2)N(C)C(=O)C(C)NC(=O)OC(C)(C)C)c1O. The quantitative estimate of drug-likeness (QED) is 0.593.